The molecular formula is C24H21Cl2N5O. The summed E-state index contributed by atoms with van der Waals surface area (Å²) >= 11 is 12.6. The van der Waals surface area contributed by atoms with Crippen molar-refractivity contribution in [2.45, 2.75) is 38.1 Å². The molecule has 1 aliphatic carbocycles. The molecule has 0 unspecified atom stereocenters. The van der Waals surface area contributed by atoms with Gasteiger partial charge in [-0.15, -0.1) is 10.2 Å². The molecule has 32 heavy (non-hydrogen) atoms. The largest absolute Gasteiger partial charge is 0.348 e. The summed E-state index contributed by atoms with van der Waals surface area (Å²) in [5, 5.41) is 12.9. The summed E-state index contributed by atoms with van der Waals surface area (Å²) < 4.78 is 1.87. The number of para-hydroxylation sites is 1. The summed E-state index contributed by atoms with van der Waals surface area (Å²) in [6.45, 7) is 0. The van der Waals surface area contributed by atoms with Crippen LogP contribution >= 0.6 is 23.2 Å². The lowest BCUT2D eigenvalue weighted by molar-refractivity contribution is 0.0923. The van der Waals surface area contributed by atoms with Crippen LogP contribution in [0, 0.1) is 0 Å². The minimum absolute atomic E-state index is 0.176. The van der Waals surface area contributed by atoms with Crippen molar-refractivity contribution in [1.29, 1.82) is 0 Å². The van der Waals surface area contributed by atoms with E-state index in [1.807, 2.05) is 53.1 Å². The van der Waals surface area contributed by atoms with Crippen LogP contribution in [0.2, 0.25) is 10.0 Å². The second-order valence-corrected chi connectivity index (χ2v) is 8.82. The van der Waals surface area contributed by atoms with E-state index in [0.717, 1.165) is 42.6 Å². The molecule has 2 aliphatic heterocycles. The zero-order chi connectivity index (χ0) is 22.1. The van der Waals surface area contributed by atoms with Crippen molar-refractivity contribution in [3.63, 3.8) is 0 Å². The molecule has 3 aliphatic rings. The Kier molecular flexibility index (Phi) is 5.81. The van der Waals surface area contributed by atoms with E-state index in [9.17, 15) is 4.79 Å². The molecule has 2 aromatic rings. The number of nitrogens with one attached hydrogen (secondary N) is 1. The molecule has 5 rings (SSSR count). The summed E-state index contributed by atoms with van der Waals surface area (Å²) in [5.74, 6) is -0.232. The number of amides is 1. The SMILES string of the molecule is O=C(NC1CCCCC1)c1nnc2c(-c3ccc(Cl)cc3)n(-c3ccccc3Cl)cnc1-2. The van der Waals surface area contributed by atoms with Crippen LogP contribution in [0.1, 0.15) is 42.6 Å². The van der Waals surface area contributed by atoms with Crippen LogP contribution in [-0.2, 0) is 0 Å². The van der Waals surface area contributed by atoms with Gasteiger partial charge in [0, 0.05) is 16.6 Å². The Morgan fingerprint density at radius 1 is 0.938 bits per heavy atom. The van der Waals surface area contributed by atoms with Gasteiger partial charge in [-0.05, 0) is 37.1 Å². The fourth-order valence-electron chi connectivity index (χ4n) is 4.24. The molecule has 1 fully saturated rings. The van der Waals surface area contributed by atoms with Gasteiger partial charge in [-0.25, -0.2) is 4.98 Å². The number of carbonyl (C=O) groups excluding carboxylic acids is 1. The van der Waals surface area contributed by atoms with E-state index >= 15 is 0 Å². The highest BCUT2D eigenvalue weighted by molar-refractivity contribution is 6.32. The van der Waals surface area contributed by atoms with Crippen molar-refractivity contribution in [2.75, 3.05) is 0 Å². The molecule has 2 heterocycles. The van der Waals surface area contributed by atoms with Gasteiger partial charge in [-0.1, -0.05) is 66.7 Å². The van der Waals surface area contributed by atoms with Gasteiger partial charge in [-0.3, -0.25) is 9.36 Å². The quantitative estimate of drug-likeness (QED) is 0.413. The maximum Gasteiger partial charge on any atom is 0.274 e. The van der Waals surface area contributed by atoms with Crippen LogP contribution in [0.3, 0.4) is 0 Å². The number of hydrogen-bond donors (Lipinski definition) is 1. The maximum absolute atomic E-state index is 13.0. The van der Waals surface area contributed by atoms with Gasteiger partial charge in [0.2, 0.25) is 0 Å². The number of halogens is 2. The van der Waals surface area contributed by atoms with Gasteiger partial charge in [0.25, 0.3) is 5.91 Å². The predicted octanol–water partition coefficient (Wildman–Crippen LogP) is 5.80. The van der Waals surface area contributed by atoms with Crippen LogP contribution in [0.4, 0.5) is 0 Å². The van der Waals surface area contributed by atoms with Crippen molar-refractivity contribution in [3.05, 3.63) is 70.6 Å². The van der Waals surface area contributed by atoms with Crippen LogP contribution in [0.15, 0.2) is 54.9 Å². The molecule has 0 radical (unpaired) electrons. The highest BCUT2D eigenvalue weighted by Crippen LogP contribution is 2.36. The van der Waals surface area contributed by atoms with E-state index in [2.05, 4.69) is 20.5 Å². The van der Waals surface area contributed by atoms with Crippen LogP contribution < -0.4 is 5.32 Å². The summed E-state index contributed by atoms with van der Waals surface area (Å²) in [7, 11) is 0. The zero-order valence-electron chi connectivity index (χ0n) is 17.3. The van der Waals surface area contributed by atoms with Gasteiger partial charge < -0.3 is 5.32 Å². The van der Waals surface area contributed by atoms with Gasteiger partial charge in [-0.2, -0.15) is 0 Å². The summed E-state index contributed by atoms with van der Waals surface area (Å²) in [4.78, 5) is 17.6. The molecule has 1 amide bonds. The Morgan fingerprint density at radius 3 is 2.44 bits per heavy atom. The Balaban J connectivity index is 1.61. The molecule has 162 valence electrons. The molecule has 0 saturated heterocycles. The number of rotatable bonds is 4. The number of carbonyl (C=O) groups is 1. The van der Waals surface area contributed by atoms with Gasteiger partial charge in [0.05, 0.1) is 16.4 Å². The van der Waals surface area contributed by atoms with Crippen molar-refractivity contribution >= 4 is 29.1 Å². The number of fused-ring (bicyclic) bond motifs is 1. The summed E-state index contributed by atoms with van der Waals surface area (Å²) in [6.07, 6.45) is 7.14. The first-order chi connectivity index (χ1) is 15.6. The van der Waals surface area contributed by atoms with E-state index in [1.54, 1.807) is 6.33 Å². The lowest BCUT2D eigenvalue weighted by atomic mass is 9.95. The topological polar surface area (TPSA) is 72.7 Å². The molecule has 0 aromatic heterocycles. The Morgan fingerprint density at radius 2 is 1.69 bits per heavy atom. The van der Waals surface area contributed by atoms with Gasteiger partial charge >= 0.3 is 0 Å². The van der Waals surface area contributed by atoms with Crippen molar-refractivity contribution in [2.24, 2.45) is 0 Å². The Labute approximate surface area is 195 Å². The third kappa shape index (κ3) is 3.96. The third-order valence-corrected chi connectivity index (χ3v) is 6.42. The van der Waals surface area contributed by atoms with Gasteiger partial charge in [0.1, 0.15) is 17.7 Å². The summed E-state index contributed by atoms with van der Waals surface area (Å²) in [5.41, 5.74) is 3.59. The zero-order valence-corrected chi connectivity index (χ0v) is 18.8. The average Bonchev–Trinajstić information content (AvgIpc) is 3.25. The number of benzene rings is 2. The number of nitrogens with zero attached hydrogens (tertiary/aromatic N) is 4. The fourth-order valence-corrected chi connectivity index (χ4v) is 4.60. The van der Waals surface area contributed by atoms with E-state index in [4.69, 9.17) is 23.2 Å². The fraction of sp³-hybridized carbons (Fsp3) is 0.250. The highest BCUT2D eigenvalue weighted by atomic mass is 35.5. The second-order valence-electron chi connectivity index (χ2n) is 7.98. The van der Waals surface area contributed by atoms with Gasteiger partial charge in [0.15, 0.2) is 5.69 Å². The normalized spacial score (nSPS) is 14.6. The van der Waals surface area contributed by atoms with E-state index in [1.165, 1.54) is 6.42 Å². The molecule has 0 bridgehead atoms. The molecule has 8 heteroatoms. The van der Waals surface area contributed by atoms with E-state index < -0.39 is 0 Å². The molecule has 1 N–H and O–H groups in total. The minimum atomic E-state index is -0.232. The Hall–Kier alpha value is -2.96. The van der Waals surface area contributed by atoms with Crippen molar-refractivity contribution < 1.29 is 4.79 Å². The average molecular weight is 466 g/mol. The maximum atomic E-state index is 13.0. The molecule has 0 atom stereocenters. The number of hydrogen-bond acceptors (Lipinski definition) is 4. The molecule has 0 spiro atoms. The lowest BCUT2D eigenvalue weighted by Gasteiger charge is -2.22. The molecule has 6 nitrogen and oxygen atoms in total. The molecule has 2 aromatic carbocycles. The highest BCUT2D eigenvalue weighted by Gasteiger charge is 2.28. The van der Waals surface area contributed by atoms with Crippen LogP contribution in [-0.4, -0.2) is 31.7 Å². The van der Waals surface area contributed by atoms with E-state index in [-0.39, 0.29) is 17.6 Å². The second kappa shape index (κ2) is 8.88. The molecular weight excluding hydrogens is 445 g/mol. The monoisotopic (exact) mass is 465 g/mol. The first-order valence-corrected chi connectivity index (χ1v) is 11.4. The minimum Gasteiger partial charge on any atom is -0.348 e. The lowest BCUT2D eigenvalue weighted by Crippen LogP contribution is -2.36. The van der Waals surface area contributed by atoms with Crippen molar-refractivity contribution in [3.8, 4) is 28.3 Å². The first kappa shape index (κ1) is 20.9. The number of aromatic nitrogens is 4. The first-order valence-electron chi connectivity index (χ1n) is 10.7. The van der Waals surface area contributed by atoms with Crippen LogP contribution in [0.5, 0.6) is 0 Å². The smallest absolute Gasteiger partial charge is 0.274 e. The third-order valence-electron chi connectivity index (χ3n) is 5.85. The van der Waals surface area contributed by atoms with Crippen LogP contribution in [0.25, 0.3) is 28.3 Å². The predicted molar refractivity (Wildman–Crippen MR) is 126 cm³/mol. The van der Waals surface area contributed by atoms with Crippen molar-refractivity contribution in [1.82, 2.24) is 25.1 Å². The Bertz CT molecular complexity index is 1230. The summed E-state index contributed by atoms with van der Waals surface area (Å²) in [6, 6.07) is 15.1. The van der Waals surface area contributed by atoms with E-state index in [0.29, 0.717) is 21.4 Å². The molecule has 1 saturated carbocycles. The standard InChI is InChI=1S/C24H21Cl2N5O/c25-16-12-10-15(11-13-16)23-21-20(27-14-31(23)19-9-5-4-8-18(19)26)22(30-29-21)24(32)28-17-6-2-1-3-7-17/h4-5,8-14,17H,1-3,6-7H2,(H,28,32).